The lowest BCUT2D eigenvalue weighted by molar-refractivity contribution is -0.121. The summed E-state index contributed by atoms with van der Waals surface area (Å²) in [5.41, 5.74) is 7.17. The van der Waals surface area contributed by atoms with Crippen LogP contribution in [0.3, 0.4) is 0 Å². The molecule has 21 heavy (non-hydrogen) atoms. The summed E-state index contributed by atoms with van der Waals surface area (Å²) in [6.45, 7) is 0.717. The van der Waals surface area contributed by atoms with Gasteiger partial charge in [-0.25, -0.2) is 0 Å². The molecule has 0 aliphatic heterocycles. The van der Waals surface area contributed by atoms with Gasteiger partial charge in [0.05, 0.1) is 13.0 Å². The minimum Gasteiger partial charge on any atom is -0.493 e. The molecule has 3 N–H and O–H groups in total. The lowest BCUT2D eigenvalue weighted by Gasteiger charge is -2.08. The normalized spacial score (nSPS) is 10.1. The second kappa shape index (κ2) is 7.55. The molecule has 2 aromatic rings. The number of hydrogen-bond acceptors (Lipinski definition) is 3. The van der Waals surface area contributed by atoms with Crippen LogP contribution in [-0.2, 0) is 11.3 Å². The lowest BCUT2D eigenvalue weighted by atomic mass is 10.2. The molecule has 0 fully saturated rings. The largest absolute Gasteiger partial charge is 0.493 e. The number of rotatable bonds is 6. The van der Waals surface area contributed by atoms with Crippen LogP contribution < -0.4 is 15.8 Å². The van der Waals surface area contributed by atoms with Crippen molar-refractivity contribution >= 4 is 23.2 Å². The Bertz CT molecular complexity index is 617. The zero-order chi connectivity index (χ0) is 15.1. The molecule has 0 spiro atoms. The number of nitrogens with two attached hydrogens (primary N) is 1. The predicted molar refractivity (Wildman–Crippen MR) is 84.3 cm³/mol. The lowest BCUT2D eigenvalue weighted by Crippen LogP contribution is -2.24. The Hall–Kier alpha value is -2.20. The van der Waals surface area contributed by atoms with Gasteiger partial charge in [-0.05, 0) is 23.8 Å². The van der Waals surface area contributed by atoms with Crippen molar-refractivity contribution in [1.82, 2.24) is 5.32 Å². The van der Waals surface area contributed by atoms with Crippen LogP contribution in [0.25, 0.3) is 0 Å². The Morgan fingerprint density at radius 3 is 2.76 bits per heavy atom. The molecule has 0 bridgehead atoms. The Balaban J connectivity index is 1.72. The summed E-state index contributed by atoms with van der Waals surface area (Å²) in [6, 6.07) is 14.5. The van der Waals surface area contributed by atoms with E-state index in [0.29, 0.717) is 29.6 Å². The van der Waals surface area contributed by atoms with Gasteiger partial charge in [0.2, 0.25) is 5.91 Å². The van der Waals surface area contributed by atoms with Crippen molar-refractivity contribution in [2.75, 3.05) is 12.3 Å². The topological polar surface area (TPSA) is 64.3 Å². The summed E-state index contributed by atoms with van der Waals surface area (Å²) in [6.07, 6.45) is 0.277. The van der Waals surface area contributed by atoms with Gasteiger partial charge < -0.3 is 15.8 Å². The van der Waals surface area contributed by atoms with Gasteiger partial charge in [-0.3, -0.25) is 4.79 Å². The number of nitrogens with one attached hydrogen (secondary N) is 1. The maximum atomic E-state index is 11.7. The number of anilines is 1. The van der Waals surface area contributed by atoms with Crippen LogP contribution >= 0.6 is 11.6 Å². The predicted octanol–water partition coefficient (Wildman–Crippen LogP) is 3.01. The molecule has 2 aromatic carbocycles. The maximum absolute atomic E-state index is 11.7. The molecule has 5 heteroatoms. The zero-order valence-corrected chi connectivity index (χ0v) is 12.3. The van der Waals surface area contributed by atoms with Crippen LogP contribution in [-0.4, -0.2) is 12.5 Å². The average Bonchev–Trinajstić information content (AvgIpc) is 2.46. The molecule has 4 nitrogen and oxygen atoms in total. The Kier molecular flexibility index (Phi) is 5.46. The fraction of sp³-hybridized carbons (Fsp3) is 0.188. The molecule has 0 radical (unpaired) electrons. The number of ether oxygens (including phenoxy) is 1. The van der Waals surface area contributed by atoms with Gasteiger partial charge in [0.15, 0.2) is 0 Å². The highest BCUT2D eigenvalue weighted by Crippen LogP contribution is 2.15. The van der Waals surface area contributed by atoms with Crippen molar-refractivity contribution in [3.63, 3.8) is 0 Å². The molecule has 0 heterocycles. The zero-order valence-electron chi connectivity index (χ0n) is 11.5. The van der Waals surface area contributed by atoms with Crippen molar-refractivity contribution in [1.29, 1.82) is 0 Å². The first-order valence-electron chi connectivity index (χ1n) is 6.63. The molecular weight excluding hydrogens is 288 g/mol. The molecule has 0 atom stereocenters. The quantitative estimate of drug-likeness (QED) is 0.806. The summed E-state index contributed by atoms with van der Waals surface area (Å²) >= 11 is 6.02. The van der Waals surface area contributed by atoms with Gasteiger partial charge in [-0.1, -0.05) is 35.9 Å². The molecule has 2 rings (SSSR count). The molecule has 0 aromatic heterocycles. The third-order valence-electron chi connectivity index (χ3n) is 2.89. The third kappa shape index (κ3) is 5.00. The number of carbonyl (C=O) groups excluding carboxylic acids is 1. The number of hydrogen-bond donors (Lipinski definition) is 2. The molecule has 0 saturated heterocycles. The van der Waals surface area contributed by atoms with E-state index in [0.717, 1.165) is 5.56 Å². The SMILES string of the molecule is Nc1cccc(OCCC(=O)NCc2ccccc2Cl)c1. The van der Waals surface area contributed by atoms with E-state index < -0.39 is 0 Å². The summed E-state index contributed by atoms with van der Waals surface area (Å²) in [5.74, 6) is 0.577. The summed E-state index contributed by atoms with van der Waals surface area (Å²) in [7, 11) is 0. The van der Waals surface area contributed by atoms with E-state index in [1.54, 1.807) is 24.3 Å². The summed E-state index contributed by atoms with van der Waals surface area (Å²) in [4.78, 5) is 11.7. The van der Waals surface area contributed by atoms with Crippen molar-refractivity contribution < 1.29 is 9.53 Å². The van der Waals surface area contributed by atoms with E-state index in [9.17, 15) is 4.79 Å². The molecule has 0 unspecified atom stereocenters. The number of benzene rings is 2. The monoisotopic (exact) mass is 304 g/mol. The highest BCUT2D eigenvalue weighted by Gasteiger charge is 2.04. The van der Waals surface area contributed by atoms with E-state index in [1.807, 2.05) is 24.3 Å². The van der Waals surface area contributed by atoms with Crippen LogP contribution in [0.15, 0.2) is 48.5 Å². The second-order valence-corrected chi connectivity index (χ2v) is 4.95. The van der Waals surface area contributed by atoms with Gasteiger partial charge in [0.25, 0.3) is 0 Å². The summed E-state index contributed by atoms with van der Waals surface area (Å²) in [5, 5.41) is 3.46. The first kappa shape index (κ1) is 15.2. The van der Waals surface area contributed by atoms with Crippen molar-refractivity contribution in [2.24, 2.45) is 0 Å². The number of nitrogen functional groups attached to an aromatic ring is 1. The highest BCUT2D eigenvalue weighted by molar-refractivity contribution is 6.31. The van der Waals surface area contributed by atoms with Crippen LogP contribution in [0.4, 0.5) is 5.69 Å². The molecule has 0 aliphatic carbocycles. The first-order chi connectivity index (χ1) is 10.1. The van der Waals surface area contributed by atoms with Crippen LogP contribution in [0.2, 0.25) is 5.02 Å². The van der Waals surface area contributed by atoms with E-state index >= 15 is 0 Å². The first-order valence-corrected chi connectivity index (χ1v) is 7.01. The maximum Gasteiger partial charge on any atom is 0.223 e. The molecule has 1 amide bonds. The molecule has 110 valence electrons. The number of carbonyl (C=O) groups is 1. The van der Waals surface area contributed by atoms with E-state index in [-0.39, 0.29) is 12.3 Å². The highest BCUT2D eigenvalue weighted by atomic mass is 35.5. The van der Waals surface area contributed by atoms with Crippen LogP contribution in [0.5, 0.6) is 5.75 Å². The van der Waals surface area contributed by atoms with Crippen molar-refractivity contribution in [2.45, 2.75) is 13.0 Å². The van der Waals surface area contributed by atoms with E-state index in [1.165, 1.54) is 0 Å². The van der Waals surface area contributed by atoms with Crippen molar-refractivity contribution in [3.8, 4) is 5.75 Å². The van der Waals surface area contributed by atoms with Gasteiger partial charge >= 0.3 is 0 Å². The molecule has 0 saturated carbocycles. The number of amides is 1. The van der Waals surface area contributed by atoms with Crippen LogP contribution in [0, 0.1) is 0 Å². The number of halogens is 1. The third-order valence-corrected chi connectivity index (χ3v) is 3.26. The second-order valence-electron chi connectivity index (χ2n) is 4.54. The van der Waals surface area contributed by atoms with Crippen LogP contribution in [0.1, 0.15) is 12.0 Å². The Morgan fingerprint density at radius 2 is 2.00 bits per heavy atom. The van der Waals surface area contributed by atoms with Gasteiger partial charge in [-0.2, -0.15) is 0 Å². The van der Waals surface area contributed by atoms with Gasteiger partial charge in [-0.15, -0.1) is 0 Å². The molecular formula is C16H17ClN2O2. The smallest absolute Gasteiger partial charge is 0.223 e. The summed E-state index contributed by atoms with van der Waals surface area (Å²) < 4.78 is 5.47. The minimum absolute atomic E-state index is 0.0844. The Morgan fingerprint density at radius 1 is 1.19 bits per heavy atom. The average molecular weight is 305 g/mol. The van der Waals surface area contributed by atoms with E-state index in [4.69, 9.17) is 22.1 Å². The van der Waals surface area contributed by atoms with E-state index in [2.05, 4.69) is 5.32 Å². The van der Waals surface area contributed by atoms with Gasteiger partial charge in [0.1, 0.15) is 5.75 Å². The fourth-order valence-corrected chi connectivity index (χ4v) is 1.99. The molecule has 0 aliphatic rings. The standard InChI is InChI=1S/C16H17ClN2O2/c17-15-7-2-1-4-12(15)11-19-16(20)8-9-21-14-6-3-5-13(18)10-14/h1-7,10H,8-9,11,18H2,(H,19,20). The van der Waals surface area contributed by atoms with Crippen molar-refractivity contribution in [3.05, 3.63) is 59.1 Å². The fourth-order valence-electron chi connectivity index (χ4n) is 1.79. The minimum atomic E-state index is -0.0844. The Labute approximate surface area is 128 Å². The van der Waals surface area contributed by atoms with Gasteiger partial charge in [0, 0.05) is 23.3 Å².